The molecule has 2 amide bonds. The minimum Gasteiger partial charge on any atom is -0.347 e. The first-order valence-electron chi connectivity index (χ1n) is 8.71. The van der Waals surface area contributed by atoms with Crippen LogP contribution in [0.4, 0.5) is 4.39 Å². The lowest BCUT2D eigenvalue weighted by atomic mass is 10.0. The Balaban J connectivity index is 1.64. The summed E-state index contributed by atoms with van der Waals surface area (Å²) in [7, 11) is 0. The van der Waals surface area contributed by atoms with Crippen molar-refractivity contribution in [2.24, 2.45) is 5.92 Å². The number of hydrogen-bond donors (Lipinski definition) is 2. The van der Waals surface area contributed by atoms with Crippen LogP contribution in [-0.4, -0.2) is 32.6 Å². The minimum absolute atomic E-state index is 0.0822. The number of aromatic nitrogens is 3. The average molecular weight is 359 g/mol. The van der Waals surface area contributed by atoms with Crippen LogP contribution in [0.2, 0.25) is 0 Å². The number of fused-ring (bicyclic) bond motifs is 1. The summed E-state index contributed by atoms with van der Waals surface area (Å²) in [5, 5.41) is 13.6. The molecule has 0 saturated carbocycles. The second-order valence-electron chi connectivity index (χ2n) is 6.68. The highest BCUT2D eigenvalue weighted by molar-refractivity contribution is 5.97. The number of aryl methyl sites for hydroxylation is 1. The maximum atomic E-state index is 13.8. The van der Waals surface area contributed by atoms with Gasteiger partial charge in [-0.1, -0.05) is 26.0 Å². The van der Waals surface area contributed by atoms with Crippen molar-refractivity contribution >= 4 is 11.8 Å². The average Bonchev–Trinajstić information content (AvgIpc) is 3.21. The smallest absolute Gasteiger partial charge is 0.254 e. The fraction of sp³-hybridized carbons (Fsp3) is 0.444. The van der Waals surface area contributed by atoms with Gasteiger partial charge in [-0.25, -0.2) is 4.39 Å². The fourth-order valence-electron chi connectivity index (χ4n) is 3.02. The number of amides is 2. The van der Waals surface area contributed by atoms with Gasteiger partial charge in [0, 0.05) is 13.0 Å². The van der Waals surface area contributed by atoms with E-state index in [-0.39, 0.29) is 23.9 Å². The molecule has 2 aromatic rings. The molecule has 7 nitrogen and oxygen atoms in total. The van der Waals surface area contributed by atoms with Gasteiger partial charge in [-0.15, -0.1) is 10.2 Å². The molecule has 8 heteroatoms. The number of carbonyl (C=O) groups is 2. The molecule has 2 N–H and O–H groups in total. The van der Waals surface area contributed by atoms with E-state index >= 15 is 0 Å². The lowest BCUT2D eigenvalue weighted by molar-refractivity contribution is -0.124. The van der Waals surface area contributed by atoms with Crippen LogP contribution in [0.1, 0.15) is 42.3 Å². The van der Waals surface area contributed by atoms with Crippen LogP contribution < -0.4 is 10.6 Å². The standard InChI is InChI=1S/C18H22FN5O2/c1-11(2)16(21-17(25)12-6-3-4-7-13(12)19)18(26)20-10-15-23-22-14-8-5-9-24(14)15/h3-4,6-7,11,16H,5,8-10H2,1-2H3,(H,20,26)(H,21,25). The van der Waals surface area contributed by atoms with Gasteiger partial charge in [0.25, 0.3) is 5.91 Å². The molecular formula is C18H22FN5O2. The van der Waals surface area contributed by atoms with Crippen LogP contribution in [0.15, 0.2) is 24.3 Å². The molecule has 2 heterocycles. The lowest BCUT2D eigenvalue weighted by Gasteiger charge is -2.21. The molecule has 0 fully saturated rings. The molecule has 3 rings (SSSR count). The molecule has 138 valence electrons. The van der Waals surface area contributed by atoms with E-state index in [0.29, 0.717) is 5.82 Å². The van der Waals surface area contributed by atoms with Gasteiger partial charge in [0.2, 0.25) is 5.91 Å². The Hall–Kier alpha value is -2.77. The monoisotopic (exact) mass is 359 g/mol. The van der Waals surface area contributed by atoms with Crippen LogP contribution >= 0.6 is 0 Å². The molecule has 1 aliphatic heterocycles. The molecule has 26 heavy (non-hydrogen) atoms. The number of benzene rings is 1. The molecule has 1 atom stereocenters. The molecule has 0 aliphatic carbocycles. The molecule has 0 radical (unpaired) electrons. The molecule has 0 spiro atoms. The molecule has 1 aromatic carbocycles. The van der Waals surface area contributed by atoms with Crippen molar-refractivity contribution in [2.45, 2.75) is 45.8 Å². The maximum absolute atomic E-state index is 13.8. The zero-order valence-corrected chi connectivity index (χ0v) is 14.8. The number of carbonyl (C=O) groups excluding carboxylic acids is 2. The number of rotatable bonds is 6. The second kappa shape index (κ2) is 7.63. The number of hydrogen-bond acceptors (Lipinski definition) is 4. The zero-order chi connectivity index (χ0) is 18.7. The van der Waals surface area contributed by atoms with E-state index in [9.17, 15) is 14.0 Å². The van der Waals surface area contributed by atoms with Crippen LogP contribution in [-0.2, 0) is 24.3 Å². The Kier molecular flexibility index (Phi) is 5.29. The third kappa shape index (κ3) is 3.74. The molecular weight excluding hydrogens is 337 g/mol. The summed E-state index contributed by atoms with van der Waals surface area (Å²) in [4.78, 5) is 24.9. The minimum atomic E-state index is -0.775. The number of halogens is 1. The van der Waals surface area contributed by atoms with Gasteiger partial charge in [-0.2, -0.15) is 0 Å². The maximum Gasteiger partial charge on any atom is 0.254 e. The van der Waals surface area contributed by atoms with Crippen molar-refractivity contribution in [2.75, 3.05) is 0 Å². The Morgan fingerprint density at radius 3 is 2.77 bits per heavy atom. The van der Waals surface area contributed by atoms with Crippen LogP contribution in [0, 0.1) is 11.7 Å². The van der Waals surface area contributed by atoms with Crippen molar-refractivity contribution in [1.82, 2.24) is 25.4 Å². The molecule has 0 saturated heterocycles. The number of nitrogens with zero attached hydrogens (tertiary/aromatic N) is 3. The highest BCUT2D eigenvalue weighted by Gasteiger charge is 2.26. The fourth-order valence-corrected chi connectivity index (χ4v) is 3.02. The Labute approximate surface area is 151 Å². The molecule has 1 aliphatic rings. The van der Waals surface area contributed by atoms with Gasteiger partial charge in [0.1, 0.15) is 17.7 Å². The first-order valence-corrected chi connectivity index (χ1v) is 8.71. The summed E-state index contributed by atoms with van der Waals surface area (Å²) < 4.78 is 15.8. The van der Waals surface area contributed by atoms with Crippen LogP contribution in [0.5, 0.6) is 0 Å². The molecule has 1 aromatic heterocycles. The summed E-state index contributed by atoms with van der Waals surface area (Å²) in [6, 6.07) is 4.91. The van der Waals surface area contributed by atoms with E-state index in [1.807, 2.05) is 18.4 Å². The summed E-state index contributed by atoms with van der Waals surface area (Å²) in [5.41, 5.74) is -0.0822. The van der Waals surface area contributed by atoms with Crippen molar-refractivity contribution in [3.63, 3.8) is 0 Å². The summed E-state index contributed by atoms with van der Waals surface area (Å²) in [5.74, 6) is -0.0848. The van der Waals surface area contributed by atoms with Crippen molar-refractivity contribution in [3.8, 4) is 0 Å². The quantitative estimate of drug-likeness (QED) is 0.817. The summed E-state index contributed by atoms with van der Waals surface area (Å²) in [6.07, 6.45) is 1.92. The zero-order valence-electron chi connectivity index (χ0n) is 14.8. The third-order valence-electron chi connectivity index (χ3n) is 4.46. The Morgan fingerprint density at radius 2 is 2.04 bits per heavy atom. The van der Waals surface area contributed by atoms with E-state index in [2.05, 4.69) is 20.8 Å². The van der Waals surface area contributed by atoms with Gasteiger partial charge < -0.3 is 15.2 Å². The highest BCUT2D eigenvalue weighted by Crippen LogP contribution is 2.14. The predicted molar refractivity (Wildman–Crippen MR) is 92.7 cm³/mol. The van der Waals surface area contributed by atoms with Gasteiger partial charge in [-0.3, -0.25) is 9.59 Å². The van der Waals surface area contributed by atoms with Gasteiger partial charge >= 0.3 is 0 Å². The van der Waals surface area contributed by atoms with E-state index in [0.717, 1.165) is 25.2 Å². The van der Waals surface area contributed by atoms with Crippen molar-refractivity contribution in [1.29, 1.82) is 0 Å². The Bertz CT molecular complexity index is 818. The van der Waals surface area contributed by atoms with Crippen molar-refractivity contribution in [3.05, 3.63) is 47.3 Å². The van der Waals surface area contributed by atoms with E-state index in [4.69, 9.17) is 0 Å². The SMILES string of the molecule is CC(C)C(NC(=O)c1ccccc1F)C(=O)NCc1nnc2n1CCC2. The van der Waals surface area contributed by atoms with Crippen LogP contribution in [0.3, 0.4) is 0 Å². The normalized spacial score (nSPS) is 14.2. The second-order valence-corrected chi connectivity index (χ2v) is 6.68. The molecule has 0 bridgehead atoms. The first kappa shape index (κ1) is 18.0. The number of nitrogens with one attached hydrogen (secondary N) is 2. The topological polar surface area (TPSA) is 88.9 Å². The summed E-state index contributed by atoms with van der Waals surface area (Å²) >= 11 is 0. The highest BCUT2D eigenvalue weighted by atomic mass is 19.1. The van der Waals surface area contributed by atoms with Gasteiger partial charge in [0.15, 0.2) is 5.82 Å². The van der Waals surface area contributed by atoms with Crippen molar-refractivity contribution < 1.29 is 14.0 Å². The molecule has 1 unspecified atom stereocenters. The lowest BCUT2D eigenvalue weighted by Crippen LogP contribution is -2.49. The van der Waals surface area contributed by atoms with E-state index in [1.165, 1.54) is 18.2 Å². The van der Waals surface area contributed by atoms with Gasteiger partial charge in [0.05, 0.1) is 12.1 Å². The van der Waals surface area contributed by atoms with E-state index < -0.39 is 17.8 Å². The summed E-state index contributed by atoms with van der Waals surface area (Å²) in [6.45, 7) is 4.73. The van der Waals surface area contributed by atoms with Crippen LogP contribution in [0.25, 0.3) is 0 Å². The third-order valence-corrected chi connectivity index (χ3v) is 4.46. The van der Waals surface area contributed by atoms with Gasteiger partial charge in [-0.05, 0) is 24.5 Å². The predicted octanol–water partition coefficient (Wildman–Crippen LogP) is 1.43. The largest absolute Gasteiger partial charge is 0.347 e. The first-order chi connectivity index (χ1) is 12.5. The van der Waals surface area contributed by atoms with E-state index in [1.54, 1.807) is 6.07 Å². The Morgan fingerprint density at radius 1 is 1.27 bits per heavy atom.